The minimum absolute atomic E-state index is 0.230. The van der Waals surface area contributed by atoms with Gasteiger partial charge in [-0.25, -0.2) is 13.1 Å². The Morgan fingerprint density at radius 2 is 1.74 bits per heavy atom. The quantitative estimate of drug-likeness (QED) is 0.691. The topological polar surface area (TPSA) is 51.1 Å². The van der Waals surface area contributed by atoms with Crippen LogP contribution in [0.5, 0.6) is 0 Å². The van der Waals surface area contributed by atoms with Gasteiger partial charge in [0.1, 0.15) is 0 Å². The second-order valence-electron chi connectivity index (χ2n) is 5.27. The maximum absolute atomic E-state index is 12.2. The molecule has 1 aromatic heterocycles. The van der Waals surface area contributed by atoms with Crippen molar-refractivity contribution in [2.45, 2.75) is 17.9 Å². The largest absolute Gasteiger partial charge is 0.347 e. The molecule has 0 aliphatic carbocycles. The molecule has 2 aromatic carbocycles. The third-order valence-electron chi connectivity index (χ3n) is 3.67. The molecule has 0 saturated heterocycles. The van der Waals surface area contributed by atoms with Crippen molar-refractivity contribution in [2.75, 3.05) is 6.54 Å². The molecule has 0 fully saturated rings. The molecule has 0 atom stereocenters. The molecule has 0 bridgehead atoms. The second-order valence-corrected chi connectivity index (χ2v) is 7.48. The molecule has 0 unspecified atom stereocenters. The molecule has 4 nitrogen and oxygen atoms in total. The number of fused-ring (bicyclic) bond motifs is 1. The lowest BCUT2D eigenvalue weighted by Gasteiger charge is -2.08. The van der Waals surface area contributed by atoms with E-state index in [0.29, 0.717) is 18.0 Å². The number of nitrogens with one attached hydrogen (secondary N) is 1. The first-order valence-corrected chi connectivity index (χ1v) is 9.21. The van der Waals surface area contributed by atoms with Gasteiger partial charge in [0.25, 0.3) is 0 Å². The molecule has 120 valence electrons. The van der Waals surface area contributed by atoms with Crippen molar-refractivity contribution in [3.63, 3.8) is 0 Å². The van der Waals surface area contributed by atoms with Crippen LogP contribution in [0, 0.1) is 0 Å². The SMILES string of the molecule is O=S(=O)(NCCCn1ccc2ccccc21)c1ccc(Cl)cc1. The number of hydrogen-bond donors (Lipinski definition) is 1. The summed E-state index contributed by atoms with van der Waals surface area (Å²) < 4.78 is 29.1. The van der Waals surface area contributed by atoms with Crippen LogP contribution in [-0.2, 0) is 16.6 Å². The lowest BCUT2D eigenvalue weighted by molar-refractivity contribution is 0.572. The first kappa shape index (κ1) is 16.1. The molecule has 0 spiro atoms. The van der Waals surface area contributed by atoms with E-state index in [2.05, 4.69) is 27.5 Å². The molecule has 1 heterocycles. The van der Waals surface area contributed by atoms with Gasteiger partial charge < -0.3 is 4.57 Å². The Balaban J connectivity index is 1.58. The smallest absolute Gasteiger partial charge is 0.240 e. The van der Waals surface area contributed by atoms with Gasteiger partial charge in [-0.2, -0.15) is 0 Å². The third-order valence-corrected chi connectivity index (χ3v) is 5.40. The second kappa shape index (κ2) is 6.74. The van der Waals surface area contributed by atoms with Gasteiger partial charge in [0.15, 0.2) is 0 Å². The van der Waals surface area contributed by atoms with Crippen molar-refractivity contribution in [1.82, 2.24) is 9.29 Å². The lowest BCUT2D eigenvalue weighted by atomic mass is 10.2. The fourth-order valence-electron chi connectivity index (χ4n) is 2.49. The van der Waals surface area contributed by atoms with E-state index in [9.17, 15) is 8.42 Å². The summed E-state index contributed by atoms with van der Waals surface area (Å²) in [6.45, 7) is 1.15. The predicted octanol–water partition coefficient (Wildman–Crippen LogP) is 3.66. The molecule has 0 aliphatic rings. The molecule has 3 rings (SSSR count). The Kier molecular flexibility index (Phi) is 4.71. The van der Waals surface area contributed by atoms with Crippen LogP contribution in [0.3, 0.4) is 0 Å². The molecular formula is C17H17ClN2O2S. The van der Waals surface area contributed by atoms with Gasteiger partial charge in [-0.15, -0.1) is 0 Å². The highest BCUT2D eigenvalue weighted by molar-refractivity contribution is 7.89. The van der Waals surface area contributed by atoms with Gasteiger partial charge in [0, 0.05) is 29.8 Å². The highest BCUT2D eigenvalue weighted by Crippen LogP contribution is 2.16. The Labute approximate surface area is 140 Å². The normalized spacial score (nSPS) is 11.9. The number of halogens is 1. The van der Waals surface area contributed by atoms with Gasteiger partial charge in [-0.3, -0.25) is 0 Å². The van der Waals surface area contributed by atoms with Crippen molar-refractivity contribution < 1.29 is 8.42 Å². The van der Waals surface area contributed by atoms with E-state index < -0.39 is 10.0 Å². The van der Waals surface area contributed by atoms with Crippen LogP contribution in [0.1, 0.15) is 6.42 Å². The van der Waals surface area contributed by atoms with Gasteiger partial charge in [-0.1, -0.05) is 29.8 Å². The zero-order valence-corrected chi connectivity index (χ0v) is 14.0. The summed E-state index contributed by atoms with van der Waals surface area (Å²) in [4.78, 5) is 0.230. The van der Waals surface area contributed by atoms with E-state index in [0.717, 1.165) is 12.1 Å². The molecule has 1 N–H and O–H groups in total. The average molecular weight is 349 g/mol. The van der Waals surface area contributed by atoms with Crippen LogP contribution in [0.2, 0.25) is 5.02 Å². The maximum atomic E-state index is 12.2. The maximum Gasteiger partial charge on any atom is 0.240 e. The monoisotopic (exact) mass is 348 g/mol. The standard InChI is InChI=1S/C17H17ClN2O2S/c18-15-6-8-16(9-7-15)23(21,22)19-11-3-12-20-13-10-14-4-1-2-5-17(14)20/h1-2,4-10,13,19H,3,11-12H2. The summed E-state index contributed by atoms with van der Waals surface area (Å²) in [5, 5.41) is 1.71. The highest BCUT2D eigenvalue weighted by atomic mass is 35.5. The first-order valence-electron chi connectivity index (χ1n) is 7.35. The summed E-state index contributed by atoms with van der Waals surface area (Å²) in [7, 11) is -3.48. The van der Waals surface area contributed by atoms with Crippen LogP contribution in [0.25, 0.3) is 10.9 Å². The van der Waals surface area contributed by atoms with Gasteiger partial charge >= 0.3 is 0 Å². The van der Waals surface area contributed by atoms with Gasteiger partial charge in [0.05, 0.1) is 4.90 Å². The van der Waals surface area contributed by atoms with E-state index >= 15 is 0 Å². The number of nitrogens with zero attached hydrogens (tertiary/aromatic N) is 1. The van der Waals surface area contributed by atoms with Crippen LogP contribution < -0.4 is 4.72 Å². The zero-order chi connectivity index (χ0) is 16.3. The Hall–Kier alpha value is -1.82. The van der Waals surface area contributed by atoms with Crippen molar-refractivity contribution in [3.8, 4) is 0 Å². The molecule has 0 radical (unpaired) electrons. The van der Waals surface area contributed by atoms with E-state index in [-0.39, 0.29) is 4.90 Å². The Bertz CT molecular complexity index is 902. The summed E-state index contributed by atoms with van der Waals surface area (Å²) in [6, 6.07) is 16.4. The third kappa shape index (κ3) is 3.75. The first-order chi connectivity index (χ1) is 11.1. The number of rotatable bonds is 6. The molecular weight excluding hydrogens is 332 g/mol. The number of hydrogen-bond acceptors (Lipinski definition) is 2. The lowest BCUT2D eigenvalue weighted by Crippen LogP contribution is -2.25. The van der Waals surface area contributed by atoms with Crippen molar-refractivity contribution in [3.05, 3.63) is 65.8 Å². The van der Waals surface area contributed by atoms with E-state index in [1.165, 1.54) is 17.5 Å². The van der Waals surface area contributed by atoms with Gasteiger partial charge in [0.2, 0.25) is 10.0 Å². The Morgan fingerprint density at radius 3 is 2.52 bits per heavy atom. The van der Waals surface area contributed by atoms with Crippen LogP contribution >= 0.6 is 11.6 Å². The van der Waals surface area contributed by atoms with E-state index in [1.807, 2.05) is 18.3 Å². The molecule has 23 heavy (non-hydrogen) atoms. The number of aromatic nitrogens is 1. The average Bonchev–Trinajstić information content (AvgIpc) is 2.95. The molecule has 0 amide bonds. The van der Waals surface area contributed by atoms with Crippen LogP contribution in [-0.4, -0.2) is 19.5 Å². The fraction of sp³-hybridized carbons (Fsp3) is 0.176. The highest BCUT2D eigenvalue weighted by Gasteiger charge is 2.12. The predicted molar refractivity (Wildman–Crippen MR) is 93.2 cm³/mol. The van der Waals surface area contributed by atoms with E-state index in [4.69, 9.17) is 11.6 Å². The van der Waals surface area contributed by atoms with Crippen LogP contribution in [0.15, 0.2) is 65.7 Å². The van der Waals surface area contributed by atoms with Crippen molar-refractivity contribution >= 4 is 32.5 Å². The molecule has 0 saturated carbocycles. The molecule has 3 aromatic rings. The number of sulfonamides is 1. The van der Waals surface area contributed by atoms with Crippen molar-refractivity contribution in [2.24, 2.45) is 0 Å². The Morgan fingerprint density at radius 1 is 1.00 bits per heavy atom. The minimum Gasteiger partial charge on any atom is -0.347 e. The molecule has 6 heteroatoms. The zero-order valence-electron chi connectivity index (χ0n) is 12.4. The minimum atomic E-state index is -3.48. The van der Waals surface area contributed by atoms with Crippen LogP contribution in [0.4, 0.5) is 0 Å². The van der Waals surface area contributed by atoms with Crippen molar-refractivity contribution in [1.29, 1.82) is 0 Å². The molecule has 0 aliphatic heterocycles. The number of aryl methyl sites for hydroxylation is 1. The summed E-state index contributed by atoms with van der Waals surface area (Å²) in [5.41, 5.74) is 1.16. The summed E-state index contributed by atoms with van der Waals surface area (Å²) in [6.07, 6.45) is 2.74. The fourth-order valence-corrected chi connectivity index (χ4v) is 3.69. The number of benzene rings is 2. The number of para-hydroxylation sites is 1. The van der Waals surface area contributed by atoms with Gasteiger partial charge in [-0.05, 0) is 48.2 Å². The summed E-state index contributed by atoms with van der Waals surface area (Å²) in [5.74, 6) is 0. The summed E-state index contributed by atoms with van der Waals surface area (Å²) >= 11 is 5.78. The van der Waals surface area contributed by atoms with E-state index in [1.54, 1.807) is 12.1 Å².